The number of nitrogens with one attached hydrogen (secondary N) is 1. The summed E-state index contributed by atoms with van der Waals surface area (Å²) in [5.74, 6) is 0. The maximum atomic E-state index is 11.1. The number of hydrogen-bond acceptors (Lipinski definition) is 2. The molecule has 0 atom stereocenters. The number of carbonyl (C=O) groups excluding carboxylic acids is 1. The number of aromatic amines is 1. The van der Waals surface area contributed by atoms with Crippen LogP contribution in [-0.2, 0) is 0 Å². The number of para-hydroxylation sites is 1. The first-order valence-electron chi connectivity index (χ1n) is 5.96. The fraction of sp³-hybridized carbons (Fsp3) is 0.0625. The molecule has 2 aromatic carbocycles. The Bertz CT molecular complexity index is 672. The molecule has 0 fully saturated rings. The maximum Gasteiger partial charge on any atom is 0.166 e. The van der Waals surface area contributed by atoms with Crippen LogP contribution in [0.25, 0.3) is 22.0 Å². The summed E-state index contributed by atoms with van der Waals surface area (Å²) in [7, 11) is 1.00. The van der Waals surface area contributed by atoms with Crippen LogP contribution < -0.4 is 0 Å². The molecule has 3 aromatic rings. The third kappa shape index (κ3) is 2.41. The van der Waals surface area contributed by atoms with Gasteiger partial charge in [-0.25, -0.2) is 0 Å². The van der Waals surface area contributed by atoms with Crippen molar-refractivity contribution in [3.05, 3.63) is 60.3 Å². The molecule has 0 aliphatic rings. The number of hydrogen-bond donors (Lipinski definition) is 2. The number of aromatic nitrogens is 1. The van der Waals surface area contributed by atoms with E-state index in [4.69, 9.17) is 5.11 Å². The number of aldehydes is 1. The van der Waals surface area contributed by atoms with E-state index in [0.29, 0.717) is 5.69 Å². The van der Waals surface area contributed by atoms with E-state index in [1.165, 1.54) is 0 Å². The Morgan fingerprint density at radius 3 is 2.26 bits per heavy atom. The molecule has 0 saturated carbocycles. The summed E-state index contributed by atoms with van der Waals surface area (Å²) in [5, 5.41) is 8.08. The van der Waals surface area contributed by atoms with E-state index >= 15 is 0 Å². The SMILES string of the molecule is CO.O=Cc1[nH]c2ccccc2c1-c1ccccc1. The van der Waals surface area contributed by atoms with Crippen LogP contribution in [0.15, 0.2) is 54.6 Å². The minimum absolute atomic E-state index is 0.636. The van der Waals surface area contributed by atoms with Gasteiger partial charge in [-0.05, 0) is 11.6 Å². The monoisotopic (exact) mass is 253 g/mol. The minimum atomic E-state index is 0.636. The molecule has 19 heavy (non-hydrogen) atoms. The number of rotatable bonds is 2. The van der Waals surface area contributed by atoms with Gasteiger partial charge in [-0.2, -0.15) is 0 Å². The number of aliphatic hydroxyl groups excluding tert-OH is 1. The van der Waals surface area contributed by atoms with E-state index in [9.17, 15) is 4.79 Å². The highest BCUT2D eigenvalue weighted by atomic mass is 16.2. The summed E-state index contributed by atoms with van der Waals surface area (Å²) in [5.41, 5.74) is 3.68. The van der Waals surface area contributed by atoms with Crippen LogP contribution in [0.4, 0.5) is 0 Å². The van der Waals surface area contributed by atoms with Crippen LogP contribution in [0, 0.1) is 0 Å². The standard InChI is InChI=1S/C15H11NO.CH4O/c17-10-14-15(11-6-2-1-3-7-11)12-8-4-5-9-13(12)16-14;1-2/h1-10,16H;2H,1H3. The molecular formula is C16H15NO2. The molecule has 0 aliphatic heterocycles. The lowest BCUT2D eigenvalue weighted by Gasteiger charge is -2.00. The molecule has 0 saturated heterocycles. The summed E-state index contributed by atoms with van der Waals surface area (Å²) in [6.07, 6.45) is 0.877. The first-order valence-corrected chi connectivity index (χ1v) is 5.96. The lowest BCUT2D eigenvalue weighted by atomic mass is 10.0. The van der Waals surface area contributed by atoms with Crippen molar-refractivity contribution in [1.29, 1.82) is 0 Å². The molecule has 0 spiro atoms. The highest BCUT2D eigenvalue weighted by Crippen LogP contribution is 2.31. The third-order valence-electron chi connectivity index (χ3n) is 2.92. The summed E-state index contributed by atoms with van der Waals surface area (Å²) in [6, 6.07) is 17.9. The van der Waals surface area contributed by atoms with E-state index in [1.54, 1.807) is 0 Å². The van der Waals surface area contributed by atoms with Gasteiger partial charge in [-0.3, -0.25) is 4.79 Å². The average molecular weight is 253 g/mol. The molecule has 0 bridgehead atoms. The van der Waals surface area contributed by atoms with Gasteiger partial charge in [0, 0.05) is 23.6 Å². The molecular weight excluding hydrogens is 238 g/mol. The van der Waals surface area contributed by atoms with E-state index in [0.717, 1.165) is 35.4 Å². The summed E-state index contributed by atoms with van der Waals surface area (Å²) in [6.45, 7) is 0. The summed E-state index contributed by atoms with van der Waals surface area (Å²) < 4.78 is 0. The van der Waals surface area contributed by atoms with Gasteiger partial charge in [0.05, 0.1) is 5.69 Å². The fourth-order valence-corrected chi connectivity index (χ4v) is 2.17. The Morgan fingerprint density at radius 2 is 1.58 bits per heavy atom. The zero-order valence-electron chi connectivity index (χ0n) is 10.6. The van der Waals surface area contributed by atoms with Gasteiger partial charge in [0.15, 0.2) is 6.29 Å². The van der Waals surface area contributed by atoms with Gasteiger partial charge in [-0.1, -0.05) is 48.5 Å². The zero-order chi connectivity index (χ0) is 13.7. The second-order valence-electron chi connectivity index (χ2n) is 3.94. The molecule has 3 nitrogen and oxygen atoms in total. The summed E-state index contributed by atoms with van der Waals surface area (Å²) in [4.78, 5) is 14.3. The number of H-pyrrole nitrogens is 1. The van der Waals surface area contributed by atoms with E-state index < -0.39 is 0 Å². The quantitative estimate of drug-likeness (QED) is 0.689. The molecule has 3 heteroatoms. The van der Waals surface area contributed by atoms with Gasteiger partial charge in [0.1, 0.15) is 0 Å². The molecule has 96 valence electrons. The molecule has 1 aromatic heterocycles. The normalized spacial score (nSPS) is 9.79. The predicted molar refractivity (Wildman–Crippen MR) is 77.3 cm³/mol. The molecule has 2 N–H and O–H groups in total. The van der Waals surface area contributed by atoms with Crippen LogP contribution in [-0.4, -0.2) is 23.5 Å². The van der Waals surface area contributed by atoms with Crippen molar-refractivity contribution in [2.24, 2.45) is 0 Å². The Balaban J connectivity index is 0.000000637. The van der Waals surface area contributed by atoms with Crippen molar-refractivity contribution in [3.63, 3.8) is 0 Å². The van der Waals surface area contributed by atoms with Crippen molar-refractivity contribution < 1.29 is 9.90 Å². The largest absolute Gasteiger partial charge is 0.400 e. The van der Waals surface area contributed by atoms with Crippen molar-refractivity contribution in [2.45, 2.75) is 0 Å². The first kappa shape index (κ1) is 13.1. The second kappa shape index (κ2) is 5.98. The summed E-state index contributed by atoms with van der Waals surface area (Å²) >= 11 is 0. The van der Waals surface area contributed by atoms with Gasteiger partial charge in [0.25, 0.3) is 0 Å². The Hall–Kier alpha value is -2.39. The predicted octanol–water partition coefficient (Wildman–Crippen LogP) is 3.26. The van der Waals surface area contributed by atoms with Crippen LogP contribution in [0.3, 0.4) is 0 Å². The number of carbonyl (C=O) groups is 1. The van der Waals surface area contributed by atoms with Crippen molar-refractivity contribution in [3.8, 4) is 11.1 Å². The fourth-order valence-electron chi connectivity index (χ4n) is 2.17. The van der Waals surface area contributed by atoms with Crippen LogP contribution in [0.5, 0.6) is 0 Å². The highest BCUT2D eigenvalue weighted by Gasteiger charge is 2.11. The molecule has 0 radical (unpaired) electrons. The lowest BCUT2D eigenvalue weighted by Crippen LogP contribution is -1.83. The van der Waals surface area contributed by atoms with Gasteiger partial charge in [-0.15, -0.1) is 0 Å². The Labute approximate surface area is 111 Å². The van der Waals surface area contributed by atoms with Gasteiger partial charge in [0.2, 0.25) is 0 Å². The second-order valence-corrected chi connectivity index (χ2v) is 3.94. The first-order chi connectivity index (χ1) is 9.40. The maximum absolute atomic E-state index is 11.1. The van der Waals surface area contributed by atoms with E-state index in [1.807, 2.05) is 54.6 Å². The van der Waals surface area contributed by atoms with Crippen LogP contribution in [0.2, 0.25) is 0 Å². The Morgan fingerprint density at radius 1 is 0.947 bits per heavy atom. The van der Waals surface area contributed by atoms with Gasteiger partial charge >= 0.3 is 0 Å². The molecule has 0 unspecified atom stereocenters. The molecule has 0 aliphatic carbocycles. The topological polar surface area (TPSA) is 53.1 Å². The minimum Gasteiger partial charge on any atom is -0.400 e. The molecule has 0 amide bonds. The van der Waals surface area contributed by atoms with Crippen LogP contribution in [0.1, 0.15) is 10.5 Å². The average Bonchev–Trinajstić information content (AvgIpc) is 2.88. The van der Waals surface area contributed by atoms with E-state index in [2.05, 4.69) is 4.98 Å². The Kier molecular flexibility index (Phi) is 4.11. The third-order valence-corrected chi connectivity index (χ3v) is 2.92. The number of benzene rings is 2. The van der Waals surface area contributed by atoms with Crippen molar-refractivity contribution >= 4 is 17.2 Å². The van der Waals surface area contributed by atoms with Crippen molar-refractivity contribution in [1.82, 2.24) is 4.98 Å². The van der Waals surface area contributed by atoms with Crippen LogP contribution >= 0.6 is 0 Å². The highest BCUT2D eigenvalue weighted by molar-refractivity contribution is 6.04. The number of fused-ring (bicyclic) bond motifs is 1. The van der Waals surface area contributed by atoms with Crippen molar-refractivity contribution in [2.75, 3.05) is 7.11 Å². The number of aliphatic hydroxyl groups is 1. The lowest BCUT2D eigenvalue weighted by molar-refractivity contribution is 0.112. The zero-order valence-corrected chi connectivity index (χ0v) is 10.6. The molecule has 1 heterocycles. The van der Waals surface area contributed by atoms with Gasteiger partial charge < -0.3 is 10.1 Å². The molecule has 3 rings (SSSR count). The van der Waals surface area contributed by atoms with E-state index in [-0.39, 0.29) is 0 Å². The smallest absolute Gasteiger partial charge is 0.166 e.